The van der Waals surface area contributed by atoms with Gasteiger partial charge in [-0.05, 0) is 57.2 Å². The molecule has 2 aromatic heterocycles. The van der Waals surface area contributed by atoms with Gasteiger partial charge in [0.05, 0.1) is 11.4 Å². The number of carbonyl (C=O) groups is 1. The Labute approximate surface area is 169 Å². The first-order chi connectivity index (χ1) is 13.3. The van der Waals surface area contributed by atoms with E-state index in [2.05, 4.69) is 27.3 Å². The summed E-state index contributed by atoms with van der Waals surface area (Å²) in [7, 11) is 0. The van der Waals surface area contributed by atoms with E-state index in [1.165, 1.54) is 12.8 Å². The Morgan fingerprint density at radius 2 is 2.21 bits per heavy atom. The number of aromatic nitrogens is 3. The Hall–Kier alpha value is -2.35. The molecule has 2 atom stereocenters. The van der Waals surface area contributed by atoms with E-state index in [4.69, 9.17) is 5.73 Å². The summed E-state index contributed by atoms with van der Waals surface area (Å²) in [4.78, 5) is 22.0. The number of amides is 1. The molecule has 3 heterocycles. The number of hydrogen-bond acceptors (Lipinski definition) is 6. The van der Waals surface area contributed by atoms with Crippen LogP contribution < -0.4 is 11.1 Å². The zero-order valence-electron chi connectivity index (χ0n) is 16.5. The van der Waals surface area contributed by atoms with Gasteiger partial charge in [-0.15, -0.1) is 0 Å². The summed E-state index contributed by atoms with van der Waals surface area (Å²) in [5.74, 6) is 0.493. The molecule has 2 aromatic rings. The van der Waals surface area contributed by atoms with Crippen molar-refractivity contribution in [3.8, 4) is 0 Å². The Bertz CT molecular complexity index is 935. The van der Waals surface area contributed by atoms with Gasteiger partial charge in [0.1, 0.15) is 11.2 Å². The number of pyridine rings is 1. The molecular formula is C20H26N6OS. The maximum atomic E-state index is 12.9. The first kappa shape index (κ1) is 19.0. The van der Waals surface area contributed by atoms with Crippen molar-refractivity contribution >= 4 is 28.5 Å². The van der Waals surface area contributed by atoms with Crippen molar-refractivity contribution in [3.05, 3.63) is 41.5 Å². The quantitative estimate of drug-likeness (QED) is 0.805. The summed E-state index contributed by atoms with van der Waals surface area (Å²) in [6, 6.07) is 5.53. The molecule has 0 radical (unpaired) electrons. The molecule has 0 bridgehead atoms. The Morgan fingerprint density at radius 3 is 2.93 bits per heavy atom. The molecule has 1 fully saturated rings. The van der Waals surface area contributed by atoms with Crippen molar-refractivity contribution in [2.24, 2.45) is 16.6 Å². The van der Waals surface area contributed by atoms with Crippen molar-refractivity contribution in [1.29, 1.82) is 0 Å². The van der Waals surface area contributed by atoms with Gasteiger partial charge in [-0.3, -0.25) is 14.5 Å². The number of amidine groups is 1. The minimum Gasteiger partial charge on any atom is -0.379 e. The van der Waals surface area contributed by atoms with Gasteiger partial charge in [0.15, 0.2) is 5.17 Å². The molecule has 0 saturated heterocycles. The van der Waals surface area contributed by atoms with Crippen LogP contribution in [0.15, 0.2) is 29.4 Å². The number of aryl methyl sites for hydroxylation is 1. The van der Waals surface area contributed by atoms with Crippen LogP contribution in [-0.2, 0) is 12.1 Å². The van der Waals surface area contributed by atoms with Crippen LogP contribution in [0.3, 0.4) is 0 Å². The van der Waals surface area contributed by atoms with E-state index in [9.17, 15) is 4.79 Å². The van der Waals surface area contributed by atoms with Crippen molar-refractivity contribution in [2.75, 3.05) is 5.32 Å². The molecular weight excluding hydrogens is 372 g/mol. The molecule has 0 aromatic carbocycles. The van der Waals surface area contributed by atoms with E-state index < -0.39 is 5.54 Å². The van der Waals surface area contributed by atoms with Gasteiger partial charge in [0, 0.05) is 23.7 Å². The van der Waals surface area contributed by atoms with Crippen LogP contribution in [0.1, 0.15) is 55.0 Å². The molecule has 1 aliphatic heterocycles. The standard InChI is InChI=1S/C20H26N6OS/c1-12-8-16(26(25-12)11-14-4-5-14)18(27)23-15-6-7-22-17(9-15)20(3)10-13(2)28-19(21)24-20/h6-9,13-14H,4-5,10-11H2,1-3H3,(H2,21,24)(H,22,23,27)/t13-,20+/m1/s1. The van der Waals surface area contributed by atoms with Gasteiger partial charge in [0.25, 0.3) is 5.91 Å². The van der Waals surface area contributed by atoms with Crippen molar-refractivity contribution < 1.29 is 4.79 Å². The number of nitrogens with two attached hydrogens (primary N) is 1. The Balaban J connectivity index is 1.56. The predicted octanol–water partition coefficient (Wildman–Crippen LogP) is 3.30. The van der Waals surface area contributed by atoms with Crippen molar-refractivity contribution in [3.63, 3.8) is 0 Å². The first-order valence-corrected chi connectivity index (χ1v) is 10.5. The molecule has 0 unspecified atom stereocenters. The van der Waals surface area contributed by atoms with Gasteiger partial charge in [0.2, 0.25) is 0 Å². The van der Waals surface area contributed by atoms with Gasteiger partial charge < -0.3 is 11.1 Å². The fourth-order valence-electron chi connectivity index (χ4n) is 3.69. The minimum atomic E-state index is -0.486. The lowest BCUT2D eigenvalue weighted by atomic mass is 9.91. The summed E-state index contributed by atoms with van der Waals surface area (Å²) in [5, 5.41) is 8.43. The van der Waals surface area contributed by atoms with Gasteiger partial charge in [-0.1, -0.05) is 18.7 Å². The highest BCUT2D eigenvalue weighted by Crippen LogP contribution is 2.38. The Kier molecular flexibility index (Phi) is 4.91. The maximum absolute atomic E-state index is 12.9. The van der Waals surface area contributed by atoms with Crippen LogP contribution >= 0.6 is 11.8 Å². The highest BCUT2D eigenvalue weighted by Gasteiger charge is 2.34. The monoisotopic (exact) mass is 398 g/mol. The molecule has 2 aliphatic rings. The fourth-order valence-corrected chi connectivity index (χ4v) is 4.77. The predicted molar refractivity (Wildman–Crippen MR) is 113 cm³/mol. The lowest BCUT2D eigenvalue weighted by Gasteiger charge is -2.32. The zero-order chi connectivity index (χ0) is 19.9. The Morgan fingerprint density at radius 1 is 1.43 bits per heavy atom. The third kappa shape index (κ3) is 4.06. The zero-order valence-corrected chi connectivity index (χ0v) is 17.3. The topological polar surface area (TPSA) is 98.2 Å². The molecule has 3 N–H and O–H groups in total. The highest BCUT2D eigenvalue weighted by atomic mass is 32.2. The number of hydrogen-bond donors (Lipinski definition) is 2. The number of rotatable bonds is 5. The minimum absolute atomic E-state index is 0.154. The number of carbonyl (C=O) groups excluding carboxylic acids is 1. The molecule has 148 valence electrons. The van der Waals surface area contributed by atoms with Crippen LogP contribution in [0, 0.1) is 12.8 Å². The molecule has 1 saturated carbocycles. The first-order valence-electron chi connectivity index (χ1n) is 9.67. The molecule has 1 aliphatic carbocycles. The van der Waals surface area contributed by atoms with Crippen molar-refractivity contribution in [1.82, 2.24) is 14.8 Å². The van der Waals surface area contributed by atoms with Crippen LogP contribution in [0.4, 0.5) is 5.69 Å². The number of nitrogens with one attached hydrogen (secondary N) is 1. The summed E-state index contributed by atoms with van der Waals surface area (Å²) >= 11 is 1.58. The highest BCUT2D eigenvalue weighted by molar-refractivity contribution is 8.14. The third-order valence-corrected chi connectivity index (χ3v) is 6.10. The van der Waals surface area contributed by atoms with E-state index in [0.717, 1.165) is 24.4 Å². The van der Waals surface area contributed by atoms with E-state index in [1.54, 1.807) is 24.0 Å². The fraction of sp³-hybridized carbons (Fsp3) is 0.500. The van der Waals surface area contributed by atoms with E-state index in [0.29, 0.717) is 27.7 Å². The SMILES string of the molecule is Cc1cc(C(=O)Nc2ccnc([C@]3(C)C[C@@H](C)SC(N)=N3)c2)n(CC2CC2)n1. The van der Waals surface area contributed by atoms with Crippen LogP contribution in [0.25, 0.3) is 0 Å². The van der Waals surface area contributed by atoms with Crippen LogP contribution in [-0.4, -0.2) is 31.1 Å². The second-order valence-corrected chi connectivity index (χ2v) is 9.50. The second kappa shape index (κ2) is 7.24. The smallest absolute Gasteiger partial charge is 0.273 e. The molecule has 7 nitrogen and oxygen atoms in total. The van der Waals surface area contributed by atoms with E-state index in [-0.39, 0.29) is 5.91 Å². The van der Waals surface area contributed by atoms with Gasteiger partial charge in [-0.2, -0.15) is 5.10 Å². The summed E-state index contributed by atoms with van der Waals surface area (Å²) in [6.07, 6.45) is 4.98. The molecule has 1 amide bonds. The van der Waals surface area contributed by atoms with Crippen LogP contribution in [0.5, 0.6) is 0 Å². The van der Waals surface area contributed by atoms with Gasteiger partial charge in [-0.25, -0.2) is 4.99 Å². The summed E-state index contributed by atoms with van der Waals surface area (Å²) in [5.41, 5.74) is 8.48. The lowest BCUT2D eigenvalue weighted by Crippen LogP contribution is -2.33. The summed E-state index contributed by atoms with van der Waals surface area (Å²) in [6.45, 7) is 6.90. The second-order valence-electron chi connectivity index (χ2n) is 8.04. The van der Waals surface area contributed by atoms with Crippen LogP contribution in [0.2, 0.25) is 0 Å². The number of nitrogens with zero attached hydrogens (tertiary/aromatic N) is 4. The van der Waals surface area contributed by atoms with Crippen molar-refractivity contribution in [2.45, 2.75) is 57.4 Å². The molecule has 8 heteroatoms. The number of aliphatic imine (C=N–C) groups is 1. The average Bonchev–Trinajstić information content (AvgIpc) is 3.34. The van der Waals surface area contributed by atoms with E-state index in [1.807, 2.05) is 30.7 Å². The average molecular weight is 399 g/mol. The normalized spacial score (nSPS) is 24.7. The van der Waals surface area contributed by atoms with Gasteiger partial charge >= 0.3 is 0 Å². The molecule has 0 spiro atoms. The summed E-state index contributed by atoms with van der Waals surface area (Å²) < 4.78 is 1.83. The van der Waals surface area contributed by atoms with E-state index >= 15 is 0 Å². The molecule has 28 heavy (non-hydrogen) atoms. The molecule has 4 rings (SSSR count). The third-order valence-electron chi connectivity index (χ3n) is 5.20. The lowest BCUT2D eigenvalue weighted by molar-refractivity contribution is 0.101. The number of anilines is 1. The number of thioether (sulfide) groups is 1. The maximum Gasteiger partial charge on any atom is 0.273 e. The largest absolute Gasteiger partial charge is 0.379 e.